The van der Waals surface area contributed by atoms with Crippen LogP contribution in [0.1, 0.15) is 45.6 Å². The summed E-state index contributed by atoms with van der Waals surface area (Å²) in [5.41, 5.74) is 8.37. The molecule has 0 spiro atoms. The second-order valence-electron chi connectivity index (χ2n) is 7.02. The average molecular weight is 310 g/mol. The molecule has 1 aliphatic carbocycles. The molecule has 0 saturated heterocycles. The van der Waals surface area contributed by atoms with Crippen molar-refractivity contribution in [2.75, 3.05) is 0 Å². The molecule has 0 aliphatic heterocycles. The summed E-state index contributed by atoms with van der Waals surface area (Å²) in [7, 11) is 0. The molecule has 2 unspecified atom stereocenters. The molecule has 2 heteroatoms. The molecular formula is C16H24BrN. The zero-order valence-electron chi connectivity index (χ0n) is 11.7. The molecule has 1 aromatic rings. The SMILES string of the molecule is CC1CC(C)(C)CC(N)(Cc2cccc(Br)c2)C1. The van der Waals surface area contributed by atoms with E-state index in [1.807, 2.05) is 0 Å². The summed E-state index contributed by atoms with van der Waals surface area (Å²) in [6.45, 7) is 7.04. The third-order valence-corrected chi connectivity index (χ3v) is 4.43. The van der Waals surface area contributed by atoms with Gasteiger partial charge in [-0.15, -0.1) is 0 Å². The quantitative estimate of drug-likeness (QED) is 0.853. The molecule has 0 radical (unpaired) electrons. The summed E-state index contributed by atoms with van der Waals surface area (Å²) in [4.78, 5) is 0. The Morgan fingerprint density at radius 2 is 2.06 bits per heavy atom. The Bertz CT molecular complexity index is 427. The standard InChI is InChI=1S/C16H24BrN/c1-12-8-15(2,3)11-16(18,9-12)10-13-5-4-6-14(17)7-13/h4-7,12H,8-11,18H2,1-3H3. The van der Waals surface area contributed by atoms with Crippen LogP contribution in [0.4, 0.5) is 0 Å². The monoisotopic (exact) mass is 309 g/mol. The van der Waals surface area contributed by atoms with Crippen LogP contribution in [0.25, 0.3) is 0 Å². The van der Waals surface area contributed by atoms with Gasteiger partial charge in [0.05, 0.1) is 0 Å². The van der Waals surface area contributed by atoms with Gasteiger partial charge in [-0.2, -0.15) is 0 Å². The number of nitrogens with two attached hydrogens (primary N) is 1. The van der Waals surface area contributed by atoms with E-state index in [2.05, 4.69) is 61.0 Å². The van der Waals surface area contributed by atoms with Crippen molar-refractivity contribution in [2.45, 2.75) is 52.0 Å². The molecule has 2 atom stereocenters. The lowest BCUT2D eigenvalue weighted by Crippen LogP contribution is -2.50. The van der Waals surface area contributed by atoms with E-state index in [4.69, 9.17) is 5.73 Å². The lowest BCUT2D eigenvalue weighted by molar-refractivity contribution is 0.108. The Balaban J connectivity index is 2.16. The summed E-state index contributed by atoms with van der Waals surface area (Å²) in [5, 5.41) is 0. The van der Waals surface area contributed by atoms with Gasteiger partial charge in [-0.05, 0) is 54.7 Å². The lowest BCUT2D eigenvalue weighted by Gasteiger charge is -2.46. The Morgan fingerprint density at radius 1 is 1.33 bits per heavy atom. The van der Waals surface area contributed by atoms with Gasteiger partial charge in [0.15, 0.2) is 0 Å². The highest BCUT2D eigenvalue weighted by Crippen LogP contribution is 2.44. The van der Waals surface area contributed by atoms with E-state index in [1.165, 1.54) is 12.0 Å². The van der Waals surface area contributed by atoms with Gasteiger partial charge in [-0.3, -0.25) is 0 Å². The predicted molar refractivity (Wildman–Crippen MR) is 81.6 cm³/mol. The van der Waals surface area contributed by atoms with Gasteiger partial charge in [-0.1, -0.05) is 48.8 Å². The van der Waals surface area contributed by atoms with E-state index in [9.17, 15) is 0 Å². The van der Waals surface area contributed by atoms with Crippen LogP contribution < -0.4 is 5.73 Å². The first-order valence-electron chi connectivity index (χ1n) is 6.81. The van der Waals surface area contributed by atoms with Crippen molar-refractivity contribution < 1.29 is 0 Å². The Labute approximate surface area is 119 Å². The summed E-state index contributed by atoms with van der Waals surface area (Å²) >= 11 is 3.54. The zero-order chi connectivity index (χ0) is 13.4. The molecule has 1 aromatic carbocycles. The van der Waals surface area contributed by atoms with Crippen molar-refractivity contribution in [2.24, 2.45) is 17.1 Å². The molecule has 1 fully saturated rings. The molecule has 1 saturated carbocycles. The number of benzene rings is 1. The number of halogens is 1. The second-order valence-corrected chi connectivity index (χ2v) is 7.94. The normalized spacial score (nSPS) is 31.3. The third-order valence-electron chi connectivity index (χ3n) is 3.93. The van der Waals surface area contributed by atoms with E-state index < -0.39 is 0 Å². The van der Waals surface area contributed by atoms with Crippen LogP contribution in [0.15, 0.2) is 28.7 Å². The molecule has 1 aliphatic rings. The molecular weight excluding hydrogens is 286 g/mol. The first kappa shape index (κ1) is 14.1. The zero-order valence-corrected chi connectivity index (χ0v) is 13.3. The molecule has 100 valence electrons. The molecule has 1 nitrogen and oxygen atoms in total. The Morgan fingerprint density at radius 3 is 2.67 bits per heavy atom. The van der Waals surface area contributed by atoms with Gasteiger partial charge in [-0.25, -0.2) is 0 Å². The predicted octanol–water partition coefficient (Wildman–Crippen LogP) is 4.54. The van der Waals surface area contributed by atoms with Crippen LogP contribution in [0.5, 0.6) is 0 Å². The van der Waals surface area contributed by atoms with Gasteiger partial charge in [0.1, 0.15) is 0 Å². The number of hydrogen-bond acceptors (Lipinski definition) is 1. The highest BCUT2D eigenvalue weighted by Gasteiger charge is 2.40. The lowest BCUT2D eigenvalue weighted by atomic mass is 9.63. The van der Waals surface area contributed by atoms with Gasteiger partial charge < -0.3 is 5.73 Å². The van der Waals surface area contributed by atoms with Crippen molar-refractivity contribution in [3.05, 3.63) is 34.3 Å². The summed E-state index contributed by atoms with van der Waals surface area (Å²) < 4.78 is 1.15. The second kappa shape index (κ2) is 4.97. The van der Waals surface area contributed by atoms with Crippen molar-refractivity contribution in [3.63, 3.8) is 0 Å². The van der Waals surface area contributed by atoms with E-state index in [1.54, 1.807) is 0 Å². The van der Waals surface area contributed by atoms with E-state index in [-0.39, 0.29) is 5.54 Å². The van der Waals surface area contributed by atoms with Crippen LogP contribution in [0.3, 0.4) is 0 Å². The topological polar surface area (TPSA) is 26.0 Å². The summed E-state index contributed by atoms with van der Waals surface area (Å²) in [5.74, 6) is 0.728. The van der Waals surface area contributed by atoms with Crippen molar-refractivity contribution >= 4 is 15.9 Å². The molecule has 0 amide bonds. The van der Waals surface area contributed by atoms with Crippen LogP contribution in [0.2, 0.25) is 0 Å². The van der Waals surface area contributed by atoms with Crippen molar-refractivity contribution in [1.82, 2.24) is 0 Å². The maximum Gasteiger partial charge on any atom is 0.0202 e. The molecule has 0 aromatic heterocycles. The highest BCUT2D eigenvalue weighted by atomic mass is 79.9. The fourth-order valence-corrected chi connectivity index (χ4v) is 4.44. The number of rotatable bonds is 2. The fraction of sp³-hybridized carbons (Fsp3) is 0.625. The highest BCUT2D eigenvalue weighted by molar-refractivity contribution is 9.10. The average Bonchev–Trinajstić information content (AvgIpc) is 2.11. The minimum absolute atomic E-state index is 0.0397. The molecule has 2 N–H and O–H groups in total. The van der Waals surface area contributed by atoms with Gasteiger partial charge >= 0.3 is 0 Å². The third kappa shape index (κ3) is 3.58. The molecule has 0 bridgehead atoms. The fourth-order valence-electron chi connectivity index (χ4n) is 4.00. The van der Waals surface area contributed by atoms with E-state index in [0.29, 0.717) is 5.41 Å². The summed E-state index contributed by atoms with van der Waals surface area (Å²) in [6, 6.07) is 8.55. The van der Waals surface area contributed by atoms with Crippen molar-refractivity contribution in [3.8, 4) is 0 Å². The Kier molecular flexibility index (Phi) is 3.89. The van der Waals surface area contributed by atoms with E-state index in [0.717, 1.165) is 29.7 Å². The first-order chi connectivity index (χ1) is 8.28. The minimum atomic E-state index is -0.0397. The van der Waals surface area contributed by atoms with Gasteiger partial charge in [0, 0.05) is 10.0 Å². The number of hydrogen-bond donors (Lipinski definition) is 1. The maximum absolute atomic E-state index is 6.69. The largest absolute Gasteiger partial charge is 0.325 e. The van der Waals surface area contributed by atoms with E-state index >= 15 is 0 Å². The van der Waals surface area contributed by atoms with Gasteiger partial charge in [0.2, 0.25) is 0 Å². The molecule has 0 heterocycles. The smallest absolute Gasteiger partial charge is 0.0202 e. The molecule has 18 heavy (non-hydrogen) atoms. The van der Waals surface area contributed by atoms with Crippen LogP contribution >= 0.6 is 15.9 Å². The first-order valence-corrected chi connectivity index (χ1v) is 7.61. The van der Waals surface area contributed by atoms with Crippen LogP contribution in [-0.2, 0) is 6.42 Å². The van der Waals surface area contributed by atoms with Crippen LogP contribution in [-0.4, -0.2) is 5.54 Å². The Hall–Kier alpha value is -0.340. The summed E-state index contributed by atoms with van der Waals surface area (Å²) in [6.07, 6.45) is 4.55. The maximum atomic E-state index is 6.69. The van der Waals surface area contributed by atoms with Gasteiger partial charge in [0.25, 0.3) is 0 Å². The van der Waals surface area contributed by atoms with Crippen LogP contribution in [0, 0.1) is 11.3 Å². The minimum Gasteiger partial charge on any atom is -0.325 e. The van der Waals surface area contributed by atoms with Crippen molar-refractivity contribution in [1.29, 1.82) is 0 Å². The molecule has 2 rings (SSSR count).